The third-order valence-electron chi connectivity index (χ3n) is 2.76. The van der Waals surface area contributed by atoms with Gasteiger partial charge in [0.2, 0.25) is 0 Å². The maximum absolute atomic E-state index is 13.2. The Morgan fingerprint density at radius 3 is 2.74 bits per heavy atom. The lowest BCUT2D eigenvalue weighted by Gasteiger charge is -2.07. The second-order valence-corrected chi connectivity index (χ2v) is 4.18. The summed E-state index contributed by atoms with van der Waals surface area (Å²) in [7, 11) is 0. The van der Waals surface area contributed by atoms with Crippen molar-refractivity contribution in [3.63, 3.8) is 0 Å². The second-order valence-electron chi connectivity index (χ2n) is 4.18. The Kier molecular flexibility index (Phi) is 2.79. The minimum absolute atomic E-state index is 0.220. The van der Waals surface area contributed by atoms with Crippen LogP contribution in [-0.4, -0.2) is 15.0 Å². The Balaban J connectivity index is 1.94. The predicted octanol–water partition coefficient (Wildman–Crippen LogP) is 3.22. The molecule has 0 saturated carbocycles. The van der Waals surface area contributed by atoms with Gasteiger partial charge in [0.15, 0.2) is 5.65 Å². The lowest BCUT2D eigenvalue weighted by Crippen LogP contribution is -1.96. The van der Waals surface area contributed by atoms with Crippen molar-refractivity contribution in [1.29, 1.82) is 0 Å². The van der Waals surface area contributed by atoms with Gasteiger partial charge in [0.25, 0.3) is 0 Å². The molecule has 0 atom stereocenters. The Labute approximate surface area is 109 Å². The number of aryl methyl sites for hydroxylation is 1. The van der Waals surface area contributed by atoms with E-state index in [0.717, 1.165) is 11.2 Å². The van der Waals surface area contributed by atoms with Gasteiger partial charge in [-0.1, -0.05) is 0 Å². The van der Waals surface area contributed by atoms with Gasteiger partial charge in [-0.25, -0.2) is 14.4 Å². The highest BCUT2D eigenvalue weighted by Crippen LogP contribution is 2.19. The molecule has 0 bridgehead atoms. The summed E-state index contributed by atoms with van der Waals surface area (Å²) in [5.74, 6) is 0.432. The van der Waals surface area contributed by atoms with Crippen LogP contribution in [0.5, 0.6) is 0 Å². The maximum Gasteiger partial charge on any atom is 0.180 e. The van der Waals surface area contributed by atoms with Crippen molar-refractivity contribution in [2.45, 2.75) is 6.92 Å². The number of fused-ring (bicyclic) bond motifs is 1. The van der Waals surface area contributed by atoms with Crippen molar-refractivity contribution in [2.75, 3.05) is 5.32 Å². The fourth-order valence-corrected chi connectivity index (χ4v) is 1.79. The fourth-order valence-electron chi connectivity index (χ4n) is 1.79. The molecule has 2 aromatic heterocycles. The van der Waals surface area contributed by atoms with Crippen LogP contribution >= 0.6 is 0 Å². The Bertz CT molecular complexity index is 742. The number of aromatic nitrogens is 3. The normalized spacial score (nSPS) is 10.6. The van der Waals surface area contributed by atoms with E-state index in [4.69, 9.17) is 0 Å². The van der Waals surface area contributed by atoms with Crippen molar-refractivity contribution in [2.24, 2.45) is 0 Å². The minimum Gasteiger partial charge on any atom is -0.340 e. The summed E-state index contributed by atoms with van der Waals surface area (Å²) in [6, 6.07) is 8.49. The van der Waals surface area contributed by atoms with Gasteiger partial charge in [0.05, 0.1) is 0 Å². The summed E-state index contributed by atoms with van der Waals surface area (Å²) in [4.78, 5) is 12.6. The van der Waals surface area contributed by atoms with Gasteiger partial charge in [-0.05, 0) is 42.8 Å². The SMILES string of the molecule is Cc1cc(Nc2ccc3nccnc3n2)ccc1F. The molecule has 0 aliphatic carbocycles. The molecule has 0 saturated heterocycles. The summed E-state index contributed by atoms with van der Waals surface area (Å²) in [5.41, 5.74) is 2.69. The zero-order valence-electron chi connectivity index (χ0n) is 10.3. The molecule has 0 radical (unpaired) electrons. The number of rotatable bonds is 2. The van der Waals surface area contributed by atoms with Crippen LogP contribution in [-0.2, 0) is 0 Å². The van der Waals surface area contributed by atoms with Crippen LogP contribution in [0.25, 0.3) is 11.2 Å². The van der Waals surface area contributed by atoms with E-state index in [9.17, 15) is 4.39 Å². The molecule has 3 rings (SSSR count). The lowest BCUT2D eigenvalue weighted by atomic mass is 10.2. The van der Waals surface area contributed by atoms with Crippen molar-refractivity contribution < 1.29 is 4.39 Å². The first kappa shape index (κ1) is 11.5. The summed E-state index contributed by atoms with van der Waals surface area (Å²) >= 11 is 0. The molecule has 0 fully saturated rings. The van der Waals surface area contributed by atoms with Gasteiger partial charge in [0, 0.05) is 18.1 Å². The molecule has 1 aromatic carbocycles. The number of benzene rings is 1. The Morgan fingerprint density at radius 2 is 1.89 bits per heavy atom. The Hall–Kier alpha value is -2.56. The molecule has 4 nitrogen and oxygen atoms in total. The van der Waals surface area contributed by atoms with Gasteiger partial charge in [-0.2, -0.15) is 0 Å². The summed E-state index contributed by atoms with van der Waals surface area (Å²) in [5, 5.41) is 3.12. The zero-order valence-corrected chi connectivity index (χ0v) is 10.3. The van der Waals surface area contributed by atoms with Crippen LogP contribution in [0.2, 0.25) is 0 Å². The Morgan fingerprint density at radius 1 is 1.05 bits per heavy atom. The third kappa shape index (κ3) is 2.35. The molecular weight excluding hydrogens is 243 g/mol. The molecule has 0 aliphatic rings. The minimum atomic E-state index is -0.220. The van der Waals surface area contributed by atoms with Crippen LogP contribution in [0, 0.1) is 12.7 Å². The molecule has 0 spiro atoms. The van der Waals surface area contributed by atoms with Gasteiger partial charge < -0.3 is 5.32 Å². The van der Waals surface area contributed by atoms with E-state index in [1.807, 2.05) is 12.1 Å². The fraction of sp³-hybridized carbons (Fsp3) is 0.0714. The first-order valence-electron chi connectivity index (χ1n) is 5.83. The quantitative estimate of drug-likeness (QED) is 0.762. The van der Waals surface area contributed by atoms with Gasteiger partial charge in [-0.15, -0.1) is 0 Å². The zero-order chi connectivity index (χ0) is 13.2. The number of pyridine rings is 1. The van der Waals surface area contributed by atoms with Crippen molar-refractivity contribution in [3.05, 3.63) is 54.1 Å². The smallest absolute Gasteiger partial charge is 0.180 e. The summed E-state index contributed by atoms with van der Waals surface area (Å²) in [6.45, 7) is 1.72. The molecule has 2 heterocycles. The van der Waals surface area contributed by atoms with Crippen LogP contribution in [0.15, 0.2) is 42.7 Å². The topological polar surface area (TPSA) is 50.7 Å². The number of nitrogens with zero attached hydrogens (tertiary/aromatic N) is 3. The van der Waals surface area contributed by atoms with E-state index < -0.39 is 0 Å². The molecular formula is C14H11FN4. The van der Waals surface area contributed by atoms with Gasteiger partial charge in [-0.3, -0.25) is 4.98 Å². The first-order valence-corrected chi connectivity index (χ1v) is 5.83. The van der Waals surface area contributed by atoms with Crippen molar-refractivity contribution in [1.82, 2.24) is 15.0 Å². The van der Waals surface area contributed by atoms with Crippen molar-refractivity contribution >= 4 is 22.7 Å². The monoisotopic (exact) mass is 254 g/mol. The van der Waals surface area contributed by atoms with E-state index in [0.29, 0.717) is 17.0 Å². The van der Waals surface area contributed by atoms with E-state index in [2.05, 4.69) is 20.3 Å². The molecule has 0 amide bonds. The maximum atomic E-state index is 13.2. The van der Waals surface area contributed by atoms with E-state index in [-0.39, 0.29) is 5.82 Å². The van der Waals surface area contributed by atoms with E-state index in [1.165, 1.54) is 6.07 Å². The van der Waals surface area contributed by atoms with Gasteiger partial charge in [0.1, 0.15) is 17.2 Å². The van der Waals surface area contributed by atoms with E-state index in [1.54, 1.807) is 31.5 Å². The molecule has 1 N–H and O–H groups in total. The van der Waals surface area contributed by atoms with Gasteiger partial charge >= 0.3 is 0 Å². The largest absolute Gasteiger partial charge is 0.340 e. The molecule has 5 heteroatoms. The number of anilines is 2. The molecule has 0 unspecified atom stereocenters. The second kappa shape index (κ2) is 4.61. The number of halogens is 1. The van der Waals surface area contributed by atoms with Crippen LogP contribution in [0.4, 0.5) is 15.9 Å². The summed E-state index contributed by atoms with van der Waals surface area (Å²) < 4.78 is 13.2. The molecule has 0 aliphatic heterocycles. The number of hydrogen-bond acceptors (Lipinski definition) is 4. The molecule has 3 aromatic rings. The standard InChI is InChI=1S/C14H11FN4/c1-9-8-10(2-3-11(9)15)18-13-5-4-12-14(19-13)17-7-6-16-12/h2-8H,1H3,(H,17,18,19). The third-order valence-corrected chi connectivity index (χ3v) is 2.76. The highest BCUT2D eigenvalue weighted by molar-refractivity contribution is 5.72. The van der Waals surface area contributed by atoms with Crippen molar-refractivity contribution in [3.8, 4) is 0 Å². The first-order chi connectivity index (χ1) is 9.22. The number of hydrogen-bond donors (Lipinski definition) is 1. The highest BCUT2D eigenvalue weighted by atomic mass is 19.1. The molecule has 94 valence electrons. The van der Waals surface area contributed by atoms with Crippen LogP contribution in [0.3, 0.4) is 0 Å². The number of nitrogens with one attached hydrogen (secondary N) is 1. The highest BCUT2D eigenvalue weighted by Gasteiger charge is 2.02. The van der Waals surface area contributed by atoms with E-state index >= 15 is 0 Å². The molecule has 19 heavy (non-hydrogen) atoms. The van der Waals surface area contributed by atoms with Crippen LogP contribution < -0.4 is 5.32 Å². The predicted molar refractivity (Wildman–Crippen MR) is 71.8 cm³/mol. The average molecular weight is 254 g/mol. The lowest BCUT2D eigenvalue weighted by molar-refractivity contribution is 0.619. The average Bonchev–Trinajstić information content (AvgIpc) is 2.43. The van der Waals surface area contributed by atoms with Crippen LogP contribution in [0.1, 0.15) is 5.56 Å². The summed E-state index contributed by atoms with van der Waals surface area (Å²) in [6.07, 6.45) is 3.22.